The number of amides is 1. The average molecular weight is 394 g/mol. The van der Waals surface area contributed by atoms with E-state index in [1.54, 1.807) is 36.9 Å². The van der Waals surface area contributed by atoms with Crippen LogP contribution in [0.25, 0.3) is 0 Å². The molecule has 2 aromatic heterocycles. The SMILES string of the molecule is Cc1cc(C(F)F)nn1C(C)C(=O)Nc1cnn(Cc2ccc(Cl)cc2)c1. The number of halogens is 3. The Labute approximate surface area is 159 Å². The summed E-state index contributed by atoms with van der Waals surface area (Å²) in [7, 11) is 0. The van der Waals surface area contributed by atoms with Gasteiger partial charge in [0.2, 0.25) is 5.91 Å². The molecule has 0 bridgehead atoms. The van der Waals surface area contributed by atoms with Gasteiger partial charge in [0.15, 0.2) is 0 Å². The first-order chi connectivity index (χ1) is 12.8. The lowest BCUT2D eigenvalue weighted by atomic mass is 10.2. The number of anilines is 1. The Morgan fingerprint density at radius 3 is 2.63 bits per heavy atom. The Morgan fingerprint density at radius 1 is 1.30 bits per heavy atom. The fourth-order valence-electron chi connectivity index (χ4n) is 2.66. The van der Waals surface area contributed by atoms with E-state index in [0.717, 1.165) is 5.56 Å². The maximum atomic E-state index is 12.8. The van der Waals surface area contributed by atoms with Crippen molar-refractivity contribution in [3.8, 4) is 0 Å². The zero-order valence-electron chi connectivity index (χ0n) is 14.7. The Morgan fingerprint density at radius 2 is 2.00 bits per heavy atom. The number of aryl methyl sites for hydroxylation is 1. The summed E-state index contributed by atoms with van der Waals surface area (Å²) in [5.41, 5.74) is 1.68. The summed E-state index contributed by atoms with van der Waals surface area (Å²) >= 11 is 5.87. The van der Waals surface area contributed by atoms with Crippen LogP contribution in [0.15, 0.2) is 42.7 Å². The van der Waals surface area contributed by atoms with Crippen molar-refractivity contribution in [2.24, 2.45) is 0 Å². The minimum atomic E-state index is -2.67. The minimum Gasteiger partial charge on any atom is -0.322 e. The fourth-order valence-corrected chi connectivity index (χ4v) is 2.79. The minimum absolute atomic E-state index is 0.345. The van der Waals surface area contributed by atoms with Gasteiger partial charge in [0.25, 0.3) is 6.43 Å². The van der Waals surface area contributed by atoms with Crippen molar-refractivity contribution in [3.63, 3.8) is 0 Å². The maximum absolute atomic E-state index is 12.8. The van der Waals surface area contributed by atoms with Crippen molar-refractivity contribution in [3.05, 3.63) is 64.7 Å². The number of aromatic nitrogens is 4. The number of rotatable bonds is 6. The molecule has 1 unspecified atom stereocenters. The molecule has 0 fully saturated rings. The molecule has 2 heterocycles. The van der Waals surface area contributed by atoms with Crippen molar-refractivity contribution in [2.75, 3.05) is 5.32 Å². The second kappa shape index (κ2) is 7.87. The molecule has 1 atom stereocenters. The van der Waals surface area contributed by atoms with Crippen LogP contribution in [0.1, 0.15) is 36.3 Å². The molecular weight excluding hydrogens is 376 g/mol. The summed E-state index contributed by atoms with van der Waals surface area (Å²) in [4.78, 5) is 12.4. The number of carbonyl (C=O) groups is 1. The lowest BCUT2D eigenvalue weighted by Crippen LogP contribution is -2.25. The molecular formula is C18H18ClF2N5O. The lowest BCUT2D eigenvalue weighted by Gasteiger charge is -2.13. The number of benzene rings is 1. The van der Waals surface area contributed by atoms with Crippen LogP contribution in [-0.2, 0) is 11.3 Å². The van der Waals surface area contributed by atoms with E-state index in [0.29, 0.717) is 22.9 Å². The normalized spacial score (nSPS) is 12.4. The number of nitrogens with one attached hydrogen (secondary N) is 1. The molecule has 0 saturated carbocycles. The highest BCUT2D eigenvalue weighted by molar-refractivity contribution is 6.30. The van der Waals surface area contributed by atoms with E-state index in [4.69, 9.17) is 11.6 Å². The molecule has 9 heteroatoms. The summed E-state index contributed by atoms with van der Waals surface area (Å²) in [6.07, 6.45) is 0.548. The standard InChI is InChI=1S/C18H18ClF2N5O/c1-11-7-16(17(20)21)24-26(11)12(2)18(27)23-15-8-22-25(10-15)9-13-3-5-14(19)6-4-13/h3-8,10,12,17H,9H2,1-2H3,(H,23,27). The second-order valence-corrected chi connectivity index (χ2v) is 6.61. The number of alkyl halides is 2. The van der Waals surface area contributed by atoms with E-state index in [9.17, 15) is 13.6 Å². The Kier molecular flexibility index (Phi) is 5.55. The Balaban J connectivity index is 1.65. The van der Waals surface area contributed by atoms with Crippen LogP contribution in [0.5, 0.6) is 0 Å². The molecule has 0 saturated heterocycles. The van der Waals surface area contributed by atoms with Crippen LogP contribution in [-0.4, -0.2) is 25.5 Å². The van der Waals surface area contributed by atoms with Crippen LogP contribution in [0.2, 0.25) is 5.02 Å². The third-order valence-electron chi connectivity index (χ3n) is 4.07. The van der Waals surface area contributed by atoms with Crippen molar-refractivity contribution in [1.29, 1.82) is 0 Å². The smallest absolute Gasteiger partial charge is 0.282 e. The van der Waals surface area contributed by atoms with E-state index in [1.165, 1.54) is 16.9 Å². The first-order valence-corrected chi connectivity index (χ1v) is 8.63. The zero-order chi connectivity index (χ0) is 19.6. The molecule has 0 spiro atoms. The topological polar surface area (TPSA) is 64.7 Å². The summed E-state index contributed by atoms with van der Waals surface area (Å²) in [6.45, 7) is 3.76. The van der Waals surface area contributed by atoms with Gasteiger partial charge in [-0.3, -0.25) is 14.2 Å². The van der Waals surface area contributed by atoms with Gasteiger partial charge in [-0.2, -0.15) is 10.2 Å². The summed E-state index contributed by atoms with van der Waals surface area (Å²) in [6, 6.07) is 7.92. The lowest BCUT2D eigenvalue weighted by molar-refractivity contribution is -0.119. The predicted molar refractivity (Wildman–Crippen MR) is 98.0 cm³/mol. The van der Waals surface area contributed by atoms with Gasteiger partial charge in [-0.25, -0.2) is 8.78 Å². The van der Waals surface area contributed by atoms with Crippen LogP contribution in [0, 0.1) is 6.92 Å². The van der Waals surface area contributed by atoms with E-state index in [-0.39, 0.29) is 11.6 Å². The highest BCUT2D eigenvalue weighted by Gasteiger charge is 2.21. The molecule has 1 aromatic carbocycles. The molecule has 3 aromatic rings. The number of hydrogen-bond donors (Lipinski definition) is 1. The van der Waals surface area contributed by atoms with Gasteiger partial charge in [0.1, 0.15) is 11.7 Å². The monoisotopic (exact) mass is 393 g/mol. The highest BCUT2D eigenvalue weighted by atomic mass is 35.5. The van der Waals surface area contributed by atoms with Gasteiger partial charge in [-0.1, -0.05) is 23.7 Å². The third-order valence-corrected chi connectivity index (χ3v) is 4.32. The van der Waals surface area contributed by atoms with Crippen LogP contribution in [0.4, 0.5) is 14.5 Å². The van der Waals surface area contributed by atoms with Crippen molar-refractivity contribution < 1.29 is 13.6 Å². The molecule has 142 valence electrons. The van der Waals surface area contributed by atoms with E-state index in [2.05, 4.69) is 15.5 Å². The van der Waals surface area contributed by atoms with Gasteiger partial charge < -0.3 is 5.32 Å². The highest BCUT2D eigenvalue weighted by Crippen LogP contribution is 2.21. The first kappa shape index (κ1) is 19.0. The molecule has 1 N–H and O–H groups in total. The van der Waals surface area contributed by atoms with Crippen molar-refractivity contribution in [1.82, 2.24) is 19.6 Å². The van der Waals surface area contributed by atoms with Gasteiger partial charge in [0.05, 0.1) is 18.4 Å². The van der Waals surface area contributed by atoms with E-state index in [1.807, 2.05) is 12.1 Å². The largest absolute Gasteiger partial charge is 0.322 e. The summed E-state index contributed by atoms with van der Waals surface area (Å²) in [5.74, 6) is -0.368. The quantitative estimate of drug-likeness (QED) is 0.681. The van der Waals surface area contributed by atoms with Crippen LogP contribution in [0.3, 0.4) is 0 Å². The molecule has 6 nitrogen and oxygen atoms in total. The average Bonchev–Trinajstić information content (AvgIpc) is 3.23. The second-order valence-electron chi connectivity index (χ2n) is 6.17. The maximum Gasteiger partial charge on any atom is 0.282 e. The van der Waals surface area contributed by atoms with E-state index < -0.39 is 12.5 Å². The van der Waals surface area contributed by atoms with Crippen LogP contribution < -0.4 is 5.32 Å². The van der Waals surface area contributed by atoms with Gasteiger partial charge in [-0.05, 0) is 37.6 Å². The summed E-state index contributed by atoms with van der Waals surface area (Å²) < 4.78 is 28.5. The Hall–Kier alpha value is -2.74. The van der Waals surface area contributed by atoms with Gasteiger partial charge in [0, 0.05) is 16.9 Å². The molecule has 0 aliphatic rings. The first-order valence-electron chi connectivity index (χ1n) is 8.25. The van der Waals surface area contributed by atoms with Crippen molar-refractivity contribution in [2.45, 2.75) is 32.9 Å². The van der Waals surface area contributed by atoms with Gasteiger partial charge in [-0.15, -0.1) is 0 Å². The molecule has 3 rings (SSSR count). The summed E-state index contributed by atoms with van der Waals surface area (Å²) in [5, 5.41) is 11.4. The molecule has 0 aliphatic heterocycles. The van der Waals surface area contributed by atoms with E-state index >= 15 is 0 Å². The molecule has 1 amide bonds. The molecule has 0 radical (unpaired) electrons. The zero-order valence-corrected chi connectivity index (χ0v) is 15.5. The van der Waals surface area contributed by atoms with Crippen LogP contribution >= 0.6 is 11.6 Å². The Bertz CT molecular complexity index is 936. The molecule has 27 heavy (non-hydrogen) atoms. The van der Waals surface area contributed by atoms with Gasteiger partial charge >= 0.3 is 0 Å². The number of carbonyl (C=O) groups excluding carboxylic acids is 1. The van der Waals surface area contributed by atoms with Crippen molar-refractivity contribution >= 4 is 23.2 Å². The molecule has 0 aliphatic carbocycles. The number of nitrogens with zero attached hydrogens (tertiary/aromatic N) is 4. The fraction of sp³-hybridized carbons (Fsp3) is 0.278. The number of hydrogen-bond acceptors (Lipinski definition) is 3. The predicted octanol–water partition coefficient (Wildman–Crippen LogP) is 4.23. The third kappa shape index (κ3) is 4.51.